The number of pyridine rings is 1. The molecule has 0 unspecified atom stereocenters. The van der Waals surface area contributed by atoms with Gasteiger partial charge < -0.3 is 10.1 Å². The molecule has 19 heavy (non-hydrogen) atoms. The Morgan fingerprint density at radius 3 is 2.84 bits per heavy atom. The number of thiophene rings is 1. The average molecular weight is 274 g/mol. The second-order valence-electron chi connectivity index (χ2n) is 4.85. The van der Waals surface area contributed by atoms with Gasteiger partial charge in [-0.25, -0.2) is 0 Å². The van der Waals surface area contributed by atoms with E-state index in [9.17, 15) is 0 Å². The third-order valence-corrected chi connectivity index (χ3v) is 3.94. The summed E-state index contributed by atoms with van der Waals surface area (Å²) in [6.45, 7) is 2.11. The Hall–Kier alpha value is -1.23. The molecular formula is C15H18N2OS. The number of hydrogen-bond donors (Lipinski definition) is 1. The number of rotatable bonds is 7. The fraction of sp³-hybridized carbons (Fsp3) is 0.400. The van der Waals surface area contributed by atoms with Crippen LogP contribution in [0.4, 0.5) is 0 Å². The lowest BCUT2D eigenvalue weighted by Gasteiger charge is -2.06. The molecule has 0 radical (unpaired) electrons. The topological polar surface area (TPSA) is 34.2 Å². The van der Waals surface area contributed by atoms with Crippen molar-refractivity contribution in [2.24, 2.45) is 0 Å². The lowest BCUT2D eigenvalue weighted by atomic mass is 10.3. The molecule has 2 aromatic rings. The molecule has 2 heterocycles. The number of aromatic nitrogens is 1. The zero-order valence-corrected chi connectivity index (χ0v) is 11.7. The van der Waals surface area contributed by atoms with E-state index < -0.39 is 0 Å². The minimum absolute atomic E-state index is 0.579. The van der Waals surface area contributed by atoms with Crippen LogP contribution in [0.1, 0.15) is 29.1 Å². The van der Waals surface area contributed by atoms with Crippen LogP contribution in [0.2, 0.25) is 0 Å². The number of ether oxygens (including phenoxy) is 1. The highest BCUT2D eigenvalue weighted by Gasteiger charge is 2.20. The van der Waals surface area contributed by atoms with E-state index in [1.54, 1.807) is 11.3 Å². The van der Waals surface area contributed by atoms with Gasteiger partial charge in [-0.3, -0.25) is 4.98 Å². The third kappa shape index (κ3) is 4.13. The van der Waals surface area contributed by atoms with E-state index in [1.807, 2.05) is 12.1 Å². The maximum atomic E-state index is 5.68. The van der Waals surface area contributed by atoms with E-state index in [2.05, 4.69) is 33.9 Å². The molecule has 3 nitrogen and oxygen atoms in total. The standard InChI is InChI=1S/C15H18N2OS/c1-3-13(9-16-12-6-7-12)17-14(4-1)10-18-11-15-5-2-8-19-15/h1-5,8,12,16H,6-7,9-11H2. The van der Waals surface area contributed by atoms with Crippen LogP contribution in [0.15, 0.2) is 35.7 Å². The molecule has 1 saturated carbocycles. The molecule has 1 aliphatic rings. The lowest BCUT2D eigenvalue weighted by molar-refractivity contribution is 0.106. The van der Waals surface area contributed by atoms with E-state index in [4.69, 9.17) is 4.74 Å². The first-order chi connectivity index (χ1) is 9.40. The molecule has 2 aromatic heterocycles. The Labute approximate surface area is 117 Å². The van der Waals surface area contributed by atoms with E-state index in [0.29, 0.717) is 13.2 Å². The first-order valence-electron chi connectivity index (χ1n) is 6.68. The highest BCUT2D eigenvalue weighted by Crippen LogP contribution is 2.19. The zero-order valence-electron chi connectivity index (χ0n) is 10.8. The maximum absolute atomic E-state index is 5.68. The van der Waals surface area contributed by atoms with Crippen LogP contribution < -0.4 is 5.32 Å². The fourth-order valence-electron chi connectivity index (χ4n) is 1.90. The molecule has 0 bridgehead atoms. The summed E-state index contributed by atoms with van der Waals surface area (Å²) in [4.78, 5) is 5.86. The van der Waals surface area contributed by atoms with Gasteiger partial charge >= 0.3 is 0 Å². The van der Waals surface area contributed by atoms with E-state index >= 15 is 0 Å². The highest BCUT2D eigenvalue weighted by molar-refractivity contribution is 7.09. The van der Waals surface area contributed by atoms with Crippen molar-refractivity contribution in [2.75, 3.05) is 0 Å². The van der Waals surface area contributed by atoms with Crippen molar-refractivity contribution in [3.05, 3.63) is 52.0 Å². The SMILES string of the molecule is c1cc(CNC2CC2)nc(COCc2cccs2)c1. The molecule has 1 N–H and O–H groups in total. The molecule has 0 saturated heterocycles. The lowest BCUT2D eigenvalue weighted by Crippen LogP contribution is -2.16. The summed E-state index contributed by atoms with van der Waals surface area (Å²) < 4.78 is 5.68. The predicted molar refractivity (Wildman–Crippen MR) is 76.9 cm³/mol. The molecule has 4 heteroatoms. The molecule has 0 aliphatic heterocycles. The van der Waals surface area contributed by atoms with Gasteiger partial charge in [-0.05, 0) is 36.4 Å². The Bertz CT molecular complexity index is 509. The van der Waals surface area contributed by atoms with Crippen molar-refractivity contribution >= 4 is 11.3 Å². The Kier molecular flexibility index (Phi) is 4.23. The molecule has 0 spiro atoms. The second kappa shape index (κ2) is 6.28. The average Bonchev–Trinajstić information content (AvgIpc) is 3.13. The van der Waals surface area contributed by atoms with Crippen LogP contribution in [0.25, 0.3) is 0 Å². The molecular weight excluding hydrogens is 256 g/mol. The maximum Gasteiger partial charge on any atom is 0.0892 e. The second-order valence-corrected chi connectivity index (χ2v) is 5.88. The van der Waals surface area contributed by atoms with Crippen molar-refractivity contribution < 1.29 is 4.74 Å². The largest absolute Gasteiger partial charge is 0.370 e. The van der Waals surface area contributed by atoms with Gasteiger partial charge in [-0.2, -0.15) is 0 Å². The molecule has 3 rings (SSSR count). The van der Waals surface area contributed by atoms with Gasteiger partial charge in [0, 0.05) is 17.5 Å². The summed E-state index contributed by atoms with van der Waals surface area (Å²) in [5, 5.41) is 5.55. The normalized spacial score (nSPS) is 14.7. The number of hydrogen-bond acceptors (Lipinski definition) is 4. The predicted octanol–water partition coefficient (Wildman–Crippen LogP) is 3.11. The summed E-state index contributed by atoms with van der Waals surface area (Å²) in [6, 6.07) is 11.0. The van der Waals surface area contributed by atoms with Crippen LogP contribution in [0.5, 0.6) is 0 Å². The van der Waals surface area contributed by atoms with Crippen molar-refractivity contribution in [2.45, 2.75) is 38.6 Å². The van der Waals surface area contributed by atoms with Crippen LogP contribution in [-0.2, 0) is 24.5 Å². The summed E-state index contributed by atoms with van der Waals surface area (Å²) in [5.74, 6) is 0. The first kappa shape index (κ1) is 12.8. The first-order valence-corrected chi connectivity index (χ1v) is 7.56. The highest BCUT2D eigenvalue weighted by atomic mass is 32.1. The van der Waals surface area contributed by atoms with Gasteiger partial charge in [0.15, 0.2) is 0 Å². The summed E-state index contributed by atoms with van der Waals surface area (Å²) in [7, 11) is 0. The Morgan fingerprint density at radius 1 is 1.16 bits per heavy atom. The Balaban J connectivity index is 1.47. The van der Waals surface area contributed by atoms with Crippen LogP contribution in [0, 0.1) is 0 Å². The fourth-order valence-corrected chi connectivity index (χ4v) is 2.54. The van der Waals surface area contributed by atoms with Gasteiger partial charge in [0.1, 0.15) is 0 Å². The van der Waals surface area contributed by atoms with Gasteiger partial charge in [0.2, 0.25) is 0 Å². The van der Waals surface area contributed by atoms with E-state index in [0.717, 1.165) is 24.0 Å². The quantitative estimate of drug-likeness (QED) is 0.842. The van der Waals surface area contributed by atoms with E-state index in [1.165, 1.54) is 17.7 Å². The van der Waals surface area contributed by atoms with Gasteiger partial charge in [-0.1, -0.05) is 12.1 Å². The van der Waals surface area contributed by atoms with Gasteiger partial charge in [0.05, 0.1) is 24.6 Å². The molecule has 0 aromatic carbocycles. The monoisotopic (exact) mass is 274 g/mol. The minimum Gasteiger partial charge on any atom is -0.370 e. The molecule has 0 amide bonds. The molecule has 1 aliphatic carbocycles. The van der Waals surface area contributed by atoms with E-state index in [-0.39, 0.29) is 0 Å². The summed E-state index contributed by atoms with van der Waals surface area (Å²) in [5.41, 5.74) is 2.11. The van der Waals surface area contributed by atoms with Gasteiger partial charge in [-0.15, -0.1) is 11.3 Å². The van der Waals surface area contributed by atoms with Crippen molar-refractivity contribution in [1.82, 2.24) is 10.3 Å². The van der Waals surface area contributed by atoms with Crippen LogP contribution >= 0.6 is 11.3 Å². The summed E-state index contributed by atoms with van der Waals surface area (Å²) >= 11 is 1.72. The van der Waals surface area contributed by atoms with Crippen molar-refractivity contribution in [3.63, 3.8) is 0 Å². The van der Waals surface area contributed by atoms with Crippen LogP contribution in [-0.4, -0.2) is 11.0 Å². The molecule has 1 fully saturated rings. The third-order valence-electron chi connectivity index (χ3n) is 3.09. The molecule has 100 valence electrons. The number of nitrogens with one attached hydrogen (secondary N) is 1. The van der Waals surface area contributed by atoms with Crippen LogP contribution in [0.3, 0.4) is 0 Å². The molecule has 0 atom stereocenters. The van der Waals surface area contributed by atoms with Crippen molar-refractivity contribution in [1.29, 1.82) is 0 Å². The minimum atomic E-state index is 0.579. The Morgan fingerprint density at radius 2 is 2.05 bits per heavy atom. The smallest absolute Gasteiger partial charge is 0.0892 e. The van der Waals surface area contributed by atoms with Crippen molar-refractivity contribution in [3.8, 4) is 0 Å². The zero-order chi connectivity index (χ0) is 12.9. The van der Waals surface area contributed by atoms with Gasteiger partial charge in [0.25, 0.3) is 0 Å². The summed E-state index contributed by atoms with van der Waals surface area (Å²) in [6.07, 6.45) is 2.62. The number of nitrogens with zero attached hydrogens (tertiary/aromatic N) is 1.